The van der Waals surface area contributed by atoms with Gasteiger partial charge in [0, 0.05) is 11.6 Å². The second-order valence-corrected chi connectivity index (χ2v) is 8.59. The van der Waals surface area contributed by atoms with E-state index < -0.39 is 11.8 Å². The van der Waals surface area contributed by atoms with Crippen LogP contribution in [-0.2, 0) is 13.1 Å². The van der Waals surface area contributed by atoms with Crippen LogP contribution in [0.4, 0.5) is 0 Å². The van der Waals surface area contributed by atoms with Gasteiger partial charge in [-0.15, -0.1) is 0 Å². The summed E-state index contributed by atoms with van der Waals surface area (Å²) in [6, 6.07) is 14.6. The average Bonchev–Trinajstić information content (AvgIpc) is 3.45. The number of carbonyl (C=O) groups is 3. The highest BCUT2D eigenvalue weighted by Crippen LogP contribution is 2.26. The van der Waals surface area contributed by atoms with Gasteiger partial charge >= 0.3 is 0 Å². The number of nitrogens with one attached hydrogen (secondary N) is 1. The van der Waals surface area contributed by atoms with Gasteiger partial charge in [-0.1, -0.05) is 12.1 Å². The Bertz CT molecular complexity index is 1520. The fourth-order valence-electron chi connectivity index (χ4n) is 4.15. The Morgan fingerprint density at radius 1 is 1.03 bits per heavy atom. The highest BCUT2D eigenvalue weighted by molar-refractivity contribution is 6.22. The van der Waals surface area contributed by atoms with Crippen molar-refractivity contribution in [1.29, 1.82) is 0 Å². The molecule has 4 aromatic rings. The van der Waals surface area contributed by atoms with E-state index in [2.05, 4.69) is 9.97 Å². The molecule has 35 heavy (non-hydrogen) atoms. The third-order valence-electron chi connectivity index (χ3n) is 5.98. The van der Waals surface area contributed by atoms with Gasteiger partial charge in [-0.25, -0.2) is 4.98 Å². The SMILES string of the molecule is CC(C)N(Cc1nc2ccccc2c(=O)[nH]1)C(=O)c1ccc2c(c1)C(=O)N(Cc1ccco1)C2=O. The smallest absolute Gasteiger partial charge is 0.261 e. The van der Waals surface area contributed by atoms with Crippen LogP contribution in [0.1, 0.15) is 56.5 Å². The number of para-hydroxylation sites is 1. The van der Waals surface area contributed by atoms with Crippen LogP contribution in [-0.4, -0.2) is 43.5 Å². The Kier molecular flexibility index (Phi) is 5.52. The van der Waals surface area contributed by atoms with Crippen LogP contribution in [0.15, 0.2) is 70.1 Å². The lowest BCUT2D eigenvalue weighted by Crippen LogP contribution is -2.37. The molecule has 0 saturated carbocycles. The summed E-state index contributed by atoms with van der Waals surface area (Å²) in [5.41, 5.74) is 0.949. The van der Waals surface area contributed by atoms with Gasteiger partial charge in [0.05, 0.1) is 41.4 Å². The molecule has 1 aliphatic heterocycles. The van der Waals surface area contributed by atoms with Gasteiger partial charge in [0.2, 0.25) is 0 Å². The summed E-state index contributed by atoms with van der Waals surface area (Å²) in [6.07, 6.45) is 1.47. The normalized spacial score (nSPS) is 13.1. The molecule has 0 saturated heterocycles. The van der Waals surface area contributed by atoms with E-state index in [1.54, 1.807) is 41.3 Å². The fraction of sp³-hybridized carbons (Fsp3) is 0.192. The lowest BCUT2D eigenvalue weighted by molar-refractivity contribution is 0.0630. The van der Waals surface area contributed by atoms with Crippen LogP contribution in [0.2, 0.25) is 0 Å². The van der Waals surface area contributed by atoms with E-state index in [0.29, 0.717) is 22.5 Å². The number of fused-ring (bicyclic) bond motifs is 2. The molecule has 5 rings (SSSR count). The van der Waals surface area contributed by atoms with Crippen LogP contribution in [0, 0.1) is 0 Å². The summed E-state index contributed by atoms with van der Waals surface area (Å²) in [5, 5.41) is 0.472. The average molecular weight is 470 g/mol. The lowest BCUT2D eigenvalue weighted by atomic mass is 10.0. The van der Waals surface area contributed by atoms with Crippen molar-refractivity contribution >= 4 is 28.6 Å². The number of nitrogens with zero attached hydrogens (tertiary/aromatic N) is 3. The number of carbonyl (C=O) groups excluding carboxylic acids is 3. The maximum Gasteiger partial charge on any atom is 0.261 e. The maximum atomic E-state index is 13.4. The van der Waals surface area contributed by atoms with E-state index in [-0.39, 0.29) is 47.3 Å². The number of aromatic amines is 1. The monoisotopic (exact) mass is 470 g/mol. The van der Waals surface area contributed by atoms with Crippen molar-refractivity contribution in [2.24, 2.45) is 0 Å². The standard InChI is InChI=1S/C26H22N4O5/c1-15(2)29(14-22-27-21-8-4-3-7-19(21)23(31)28-22)24(32)16-9-10-18-20(12-16)26(34)30(25(18)33)13-17-6-5-11-35-17/h3-12,15H,13-14H2,1-2H3,(H,27,28,31). The fourth-order valence-corrected chi connectivity index (χ4v) is 4.15. The number of amides is 3. The lowest BCUT2D eigenvalue weighted by Gasteiger charge is -2.26. The molecule has 3 heterocycles. The molecular formula is C26H22N4O5. The van der Waals surface area contributed by atoms with E-state index >= 15 is 0 Å². The highest BCUT2D eigenvalue weighted by atomic mass is 16.3. The number of imide groups is 1. The second-order valence-electron chi connectivity index (χ2n) is 8.59. The molecule has 0 radical (unpaired) electrons. The first-order chi connectivity index (χ1) is 16.8. The third kappa shape index (κ3) is 4.01. The molecule has 1 N–H and O–H groups in total. The first-order valence-corrected chi connectivity index (χ1v) is 11.1. The Morgan fingerprint density at radius 2 is 1.80 bits per heavy atom. The number of aromatic nitrogens is 2. The first-order valence-electron chi connectivity index (χ1n) is 11.1. The zero-order valence-electron chi connectivity index (χ0n) is 19.1. The van der Waals surface area contributed by atoms with Crippen LogP contribution in [0.25, 0.3) is 10.9 Å². The molecule has 0 fully saturated rings. The minimum absolute atomic E-state index is 0.0156. The molecule has 0 aliphatic carbocycles. The van der Waals surface area contributed by atoms with Crippen LogP contribution in [0.5, 0.6) is 0 Å². The zero-order chi connectivity index (χ0) is 24.7. The summed E-state index contributed by atoms with van der Waals surface area (Å²) < 4.78 is 5.26. The van der Waals surface area contributed by atoms with Gasteiger partial charge in [-0.2, -0.15) is 0 Å². The molecule has 0 unspecified atom stereocenters. The van der Waals surface area contributed by atoms with E-state index in [4.69, 9.17) is 4.42 Å². The Balaban J connectivity index is 1.42. The minimum atomic E-state index is -0.479. The van der Waals surface area contributed by atoms with E-state index in [9.17, 15) is 19.2 Å². The van der Waals surface area contributed by atoms with E-state index in [1.165, 1.54) is 24.5 Å². The molecule has 9 nitrogen and oxygen atoms in total. The Morgan fingerprint density at radius 3 is 2.54 bits per heavy atom. The molecule has 176 valence electrons. The number of rotatable bonds is 6. The minimum Gasteiger partial charge on any atom is -0.467 e. The van der Waals surface area contributed by atoms with Gasteiger partial charge in [0.25, 0.3) is 23.3 Å². The van der Waals surface area contributed by atoms with Gasteiger partial charge in [-0.3, -0.25) is 24.1 Å². The predicted octanol–water partition coefficient (Wildman–Crippen LogP) is 3.36. The molecule has 2 aromatic carbocycles. The molecule has 0 bridgehead atoms. The van der Waals surface area contributed by atoms with Gasteiger partial charge in [0.15, 0.2) is 0 Å². The molecule has 1 aliphatic rings. The van der Waals surface area contributed by atoms with Gasteiger partial charge < -0.3 is 14.3 Å². The van der Waals surface area contributed by atoms with Crippen LogP contribution < -0.4 is 5.56 Å². The molecule has 0 atom stereocenters. The zero-order valence-corrected chi connectivity index (χ0v) is 19.1. The highest BCUT2D eigenvalue weighted by Gasteiger charge is 2.37. The summed E-state index contributed by atoms with van der Waals surface area (Å²) in [7, 11) is 0. The predicted molar refractivity (Wildman–Crippen MR) is 127 cm³/mol. The number of furan rings is 1. The van der Waals surface area contributed by atoms with Crippen molar-refractivity contribution in [2.45, 2.75) is 33.0 Å². The summed E-state index contributed by atoms with van der Waals surface area (Å²) >= 11 is 0. The van der Waals surface area contributed by atoms with Crippen molar-refractivity contribution in [3.05, 3.63) is 99.5 Å². The quantitative estimate of drug-likeness (QED) is 0.432. The van der Waals surface area contributed by atoms with Gasteiger partial charge in [-0.05, 0) is 56.3 Å². The maximum absolute atomic E-state index is 13.4. The first kappa shape index (κ1) is 22.3. The largest absolute Gasteiger partial charge is 0.467 e. The van der Waals surface area contributed by atoms with Crippen molar-refractivity contribution in [3.8, 4) is 0 Å². The summed E-state index contributed by atoms with van der Waals surface area (Å²) in [4.78, 5) is 61.5. The number of hydrogen-bond donors (Lipinski definition) is 1. The third-order valence-corrected chi connectivity index (χ3v) is 5.98. The summed E-state index contributed by atoms with van der Waals surface area (Å²) in [5.74, 6) is -0.415. The van der Waals surface area contributed by atoms with Crippen LogP contribution >= 0.6 is 0 Å². The van der Waals surface area contributed by atoms with E-state index in [1.807, 2.05) is 13.8 Å². The Hall–Kier alpha value is -4.53. The van der Waals surface area contributed by atoms with Crippen molar-refractivity contribution in [3.63, 3.8) is 0 Å². The molecular weight excluding hydrogens is 448 g/mol. The number of benzene rings is 2. The van der Waals surface area contributed by atoms with Crippen molar-refractivity contribution in [2.75, 3.05) is 0 Å². The van der Waals surface area contributed by atoms with Crippen molar-refractivity contribution < 1.29 is 18.8 Å². The molecule has 0 spiro atoms. The molecule has 3 amide bonds. The number of H-pyrrole nitrogens is 1. The second kappa shape index (κ2) is 8.68. The molecule has 2 aromatic heterocycles. The van der Waals surface area contributed by atoms with E-state index in [0.717, 1.165) is 4.90 Å². The Labute approximate surface area is 200 Å². The topological polar surface area (TPSA) is 117 Å². The number of hydrogen-bond acceptors (Lipinski definition) is 6. The molecule has 9 heteroatoms. The summed E-state index contributed by atoms with van der Waals surface area (Å²) in [6.45, 7) is 3.79. The van der Waals surface area contributed by atoms with Crippen molar-refractivity contribution in [1.82, 2.24) is 19.8 Å². The van der Waals surface area contributed by atoms with Crippen LogP contribution in [0.3, 0.4) is 0 Å². The van der Waals surface area contributed by atoms with Gasteiger partial charge in [0.1, 0.15) is 11.6 Å².